The summed E-state index contributed by atoms with van der Waals surface area (Å²) in [6, 6.07) is 18.0. The largest absolute Gasteiger partial charge is 0.497 e. The molecule has 3 aromatic carbocycles. The lowest BCUT2D eigenvalue weighted by Gasteiger charge is -2.13. The van der Waals surface area contributed by atoms with Gasteiger partial charge in [-0.1, -0.05) is 42.0 Å². The van der Waals surface area contributed by atoms with Crippen LogP contribution in [0.25, 0.3) is 0 Å². The van der Waals surface area contributed by atoms with Gasteiger partial charge in [-0.2, -0.15) is 0 Å². The van der Waals surface area contributed by atoms with Crippen molar-refractivity contribution in [3.8, 4) is 5.75 Å². The number of benzene rings is 3. The fourth-order valence-corrected chi connectivity index (χ4v) is 3.27. The molecule has 0 heterocycles. The van der Waals surface area contributed by atoms with Crippen LogP contribution in [0.2, 0.25) is 0 Å². The first-order valence-corrected chi connectivity index (χ1v) is 9.18. The number of ether oxygens (including phenoxy) is 1. The van der Waals surface area contributed by atoms with E-state index in [4.69, 9.17) is 4.74 Å². The Morgan fingerprint density at radius 3 is 1.55 bits per heavy atom. The Labute approximate surface area is 169 Å². The molecule has 3 rings (SSSR count). The van der Waals surface area contributed by atoms with Gasteiger partial charge in [0.1, 0.15) is 5.75 Å². The number of aromatic carboxylic acids is 2. The highest BCUT2D eigenvalue weighted by Crippen LogP contribution is 2.24. The Morgan fingerprint density at radius 1 is 0.759 bits per heavy atom. The van der Waals surface area contributed by atoms with Gasteiger partial charge < -0.3 is 14.9 Å². The van der Waals surface area contributed by atoms with Gasteiger partial charge in [0.05, 0.1) is 18.2 Å². The van der Waals surface area contributed by atoms with Crippen molar-refractivity contribution in [2.45, 2.75) is 19.8 Å². The molecule has 2 N–H and O–H groups in total. The van der Waals surface area contributed by atoms with Crippen molar-refractivity contribution in [3.63, 3.8) is 0 Å². The lowest BCUT2D eigenvalue weighted by molar-refractivity contribution is 0.0679. The number of aryl methyl sites for hydroxylation is 1. The smallest absolute Gasteiger partial charge is 0.335 e. The molecular weight excluding hydrogens is 368 g/mol. The van der Waals surface area contributed by atoms with Crippen molar-refractivity contribution in [2.75, 3.05) is 7.11 Å². The molecule has 0 aliphatic carbocycles. The van der Waals surface area contributed by atoms with E-state index in [1.54, 1.807) is 19.2 Å². The normalized spacial score (nSPS) is 10.6. The Morgan fingerprint density at radius 2 is 1.17 bits per heavy atom. The van der Waals surface area contributed by atoms with Gasteiger partial charge in [0, 0.05) is 0 Å². The summed E-state index contributed by atoms with van der Waals surface area (Å²) in [5.41, 5.74) is 4.10. The maximum atomic E-state index is 11.9. The second kappa shape index (κ2) is 8.61. The first-order chi connectivity index (χ1) is 13.9. The molecule has 5 nitrogen and oxygen atoms in total. The molecule has 0 bridgehead atoms. The van der Waals surface area contributed by atoms with E-state index < -0.39 is 11.9 Å². The zero-order valence-corrected chi connectivity index (χ0v) is 16.3. The molecule has 0 unspecified atom stereocenters. The molecular formula is C24H22O5. The van der Waals surface area contributed by atoms with Gasteiger partial charge in [-0.05, 0) is 66.3 Å². The maximum Gasteiger partial charge on any atom is 0.335 e. The Bertz CT molecular complexity index is 1030. The van der Waals surface area contributed by atoms with Crippen LogP contribution in [0.4, 0.5) is 0 Å². The fraction of sp³-hybridized carbons (Fsp3) is 0.167. The van der Waals surface area contributed by atoms with E-state index in [-0.39, 0.29) is 11.1 Å². The summed E-state index contributed by atoms with van der Waals surface area (Å²) in [4.78, 5) is 23.7. The summed E-state index contributed by atoms with van der Waals surface area (Å²) in [7, 11) is 1.57. The van der Waals surface area contributed by atoms with E-state index in [9.17, 15) is 19.8 Å². The van der Waals surface area contributed by atoms with Crippen LogP contribution < -0.4 is 4.74 Å². The molecule has 0 atom stereocenters. The number of hydrogen-bond acceptors (Lipinski definition) is 3. The fourth-order valence-electron chi connectivity index (χ4n) is 3.27. The predicted molar refractivity (Wildman–Crippen MR) is 110 cm³/mol. The molecule has 0 radical (unpaired) electrons. The van der Waals surface area contributed by atoms with Gasteiger partial charge in [-0.25, -0.2) is 9.59 Å². The molecule has 0 aliphatic heterocycles. The van der Waals surface area contributed by atoms with Gasteiger partial charge >= 0.3 is 11.9 Å². The molecule has 0 aromatic heterocycles. The van der Waals surface area contributed by atoms with Crippen LogP contribution in [0.15, 0.2) is 60.7 Å². The van der Waals surface area contributed by atoms with Crippen LogP contribution in [0.3, 0.4) is 0 Å². The van der Waals surface area contributed by atoms with Crippen LogP contribution in [0.1, 0.15) is 48.5 Å². The average molecular weight is 390 g/mol. The van der Waals surface area contributed by atoms with Crippen LogP contribution in [0.5, 0.6) is 5.75 Å². The molecule has 0 aliphatic rings. The van der Waals surface area contributed by atoms with E-state index in [0.29, 0.717) is 29.7 Å². The van der Waals surface area contributed by atoms with Gasteiger partial charge in [0.25, 0.3) is 0 Å². The first kappa shape index (κ1) is 20.1. The van der Waals surface area contributed by atoms with Gasteiger partial charge in [-0.3, -0.25) is 0 Å². The minimum Gasteiger partial charge on any atom is -0.497 e. The lowest BCUT2D eigenvalue weighted by Crippen LogP contribution is -2.11. The first-order valence-electron chi connectivity index (χ1n) is 9.18. The molecule has 5 heteroatoms. The summed E-state index contributed by atoms with van der Waals surface area (Å²) in [5, 5.41) is 19.4. The zero-order valence-electron chi connectivity index (χ0n) is 16.3. The van der Waals surface area contributed by atoms with E-state index >= 15 is 0 Å². The average Bonchev–Trinajstić information content (AvgIpc) is 2.70. The lowest BCUT2D eigenvalue weighted by atomic mass is 9.91. The van der Waals surface area contributed by atoms with Gasteiger partial charge in [0.2, 0.25) is 0 Å². The number of carboxylic acid groups (broad SMARTS) is 2. The summed E-state index contributed by atoms with van der Waals surface area (Å²) in [6.45, 7) is 1.98. The molecule has 0 saturated carbocycles. The molecule has 0 fully saturated rings. The van der Waals surface area contributed by atoms with E-state index in [1.807, 2.05) is 43.3 Å². The number of carboxylic acids is 2. The van der Waals surface area contributed by atoms with Gasteiger partial charge in [0.15, 0.2) is 0 Å². The van der Waals surface area contributed by atoms with Crippen molar-refractivity contribution >= 4 is 11.9 Å². The summed E-state index contributed by atoms with van der Waals surface area (Å²) < 4.78 is 5.14. The van der Waals surface area contributed by atoms with Crippen molar-refractivity contribution in [2.24, 2.45) is 0 Å². The number of hydrogen-bond donors (Lipinski definition) is 2. The SMILES string of the molecule is COc1ccc(Cc2cc(C(=O)O)c(Cc3ccc(C)cc3)cc2C(=O)O)cc1. The monoisotopic (exact) mass is 390 g/mol. The summed E-state index contributed by atoms with van der Waals surface area (Å²) >= 11 is 0. The number of carbonyl (C=O) groups is 2. The highest BCUT2D eigenvalue weighted by molar-refractivity contribution is 5.95. The molecule has 0 saturated heterocycles. The van der Waals surface area contributed by atoms with E-state index in [2.05, 4.69) is 0 Å². The van der Waals surface area contributed by atoms with Crippen molar-refractivity contribution in [3.05, 3.63) is 99.6 Å². The van der Waals surface area contributed by atoms with E-state index in [1.165, 1.54) is 12.1 Å². The maximum absolute atomic E-state index is 11.9. The number of rotatable bonds is 7. The Balaban J connectivity index is 2.01. The summed E-state index contributed by atoms with van der Waals surface area (Å²) in [6.07, 6.45) is 0.668. The highest BCUT2D eigenvalue weighted by atomic mass is 16.5. The quantitative estimate of drug-likeness (QED) is 0.617. The van der Waals surface area contributed by atoms with Crippen molar-refractivity contribution in [1.82, 2.24) is 0 Å². The third-order valence-electron chi connectivity index (χ3n) is 4.86. The highest BCUT2D eigenvalue weighted by Gasteiger charge is 2.19. The molecule has 148 valence electrons. The molecule has 3 aromatic rings. The third kappa shape index (κ3) is 4.82. The minimum atomic E-state index is -1.07. The number of methoxy groups -OCH3 is 1. The van der Waals surface area contributed by atoms with Crippen molar-refractivity contribution < 1.29 is 24.5 Å². The second-order valence-electron chi connectivity index (χ2n) is 6.96. The van der Waals surface area contributed by atoms with E-state index in [0.717, 1.165) is 16.7 Å². The minimum absolute atomic E-state index is 0.118. The second-order valence-corrected chi connectivity index (χ2v) is 6.96. The Hall–Kier alpha value is -3.60. The zero-order chi connectivity index (χ0) is 21.0. The topological polar surface area (TPSA) is 83.8 Å². The Kier molecular flexibility index (Phi) is 5.98. The van der Waals surface area contributed by atoms with Crippen LogP contribution in [0, 0.1) is 6.92 Å². The predicted octanol–water partition coefficient (Wildman–Crippen LogP) is 4.58. The van der Waals surface area contributed by atoms with Crippen molar-refractivity contribution in [1.29, 1.82) is 0 Å². The van der Waals surface area contributed by atoms with Crippen LogP contribution in [-0.2, 0) is 12.8 Å². The van der Waals surface area contributed by atoms with Crippen LogP contribution in [-0.4, -0.2) is 29.3 Å². The van der Waals surface area contributed by atoms with Crippen LogP contribution >= 0.6 is 0 Å². The molecule has 0 amide bonds. The molecule has 0 spiro atoms. The molecule has 29 heavy (non-hydrogen) atoms. The standard InChI is InChI=1S/C24H22O5/c1-15-3-5-16(6-4-15)11-18-13-22(24(27)28)19(14-21(18)23(25)26)12-17-7-9-20(29-2)10-8-17/h3-10,13-14H,11-12H2,1-2H3,(H,25,26)(H,27,28). The van der Waals surface area contributed by atoms with Gasteiger partial charge in [-0.15, -0.1) is 0 Å². The third-order valence-corrected chi connectivity index (χ3v) is 4.86. The summed E-state index contributed by atoms with van der Waals surface area (Å²) in [5.74, 6) is -1.44.